The molecule has 0 unspecified atom stereocenters. The van der Waals surface area contributed by atoms with Gasteiger partial charge in [-0.25, -0.2) is 0 Å². The molecule has 2 aliphatic carbocycles. The highest BCUT2D eigenvalue weighted by molar-refractivity contribution is 5.62. The summed E-state index contributed by atoms with van der Waals surface area (Å²) in [7, 11) is 0. The van der Waals surface area contributed by atoms with E-state index in [1.807, 2.05) is 6.07 Å². The van der Waals surface area contributed by atoms with E-state index in [-0.39, 0.29) is 17.6 Å². The Bertz CT molecular complexity index is 581. The van der Waals surface area contributed by atoms with Gasteiger partial charge in [0, 0.05) is 17.0 Å². The van der Waals surface area contributed by atoms with E-state index < -0.39 is 0 Å². The molecule has 1 heterocycles. The highest BCUT2D eigenvalue weighted by Crippen LogP contribution is 2.59. The Hall–Kier alpha value is -1.73. The van der Waals surface area contributed by atoms with Gasteiger partial charge in [0.25, 0.3) is 0 Å². The number of fused-ring (bicyclic) bond motifs is 2. The summed E-state index contributed by atoms with van der Waals surface area (Å²) in [6, 6.07) is 6.21. The lowest BCUT2D eigenvalue weighted by Crippen LogP contribution is -2.43. The van der Waals surface area contributed by atoms with Gasteiger partial charge in [-0.2, -0.15) is 5.26 Å². The van der Waals surface area contributed by atoms with E-state index in [2.05, 4.69) is 6.07 Å². The molecule has 0 amide bonds. The number of nitrogens with two attached hydrogens (primary N) is 1. The van der Waals surface area contributed by atoms with Crippen LogP contribution in [0.25, 0.3) is 0 Å². The van der Waals surface area contributed by atoms with Crippen LogP contribution < -0.4 is 15.2 Å². The molecule has 0 aromatic heterocycles. The molecule has 98 valence electrons. The van der Waals surface area contributed by atoms with Gasteiger partial charge in [0.1, 0.15) is 23.7 Å². The minimum absolute atomic E-state index is 0.128. The smallest absolute Gasteiger partial charge is 0.144 e. The number of ether oxygens (including phenoxy) is 2. The molecule has 1 spiro atoms. The van der Waals surface area contributed by atoms with Crippen LogP contribution in [-0.2, 0) is 5.41 Å². The van der Waals surface area contributed by atoms with E-state index in [1.165, 1.54) is 0 Å². The van der Waals surface area contributed by atoms with Crippen molar-refractivity contribution in [1.82, 2.24) is 0 Å². The summed E-state index contributed by atoms with van der Waals surface area (Å²) >= 11 is 0. The van der Waals surface area contributed by atoms with Crippen molar-refractivity contribution in [3.8, 4) is 17.6 Å². The Labute approximate surface area is 112 Å². The maximum atomic E-state index is 9.17. The zero-order valence-corrected chi connectivity index (χ0v) is 10.7. The molecule has 0 atom stereocenters. The van der Waals surface area contributed by atoms with Crippen molar-refractivity contribution in [2.45, 2.75) is 43.2 Å². The van der Waals surface area contributed by atoms with E-state index in [9.17, 15) is 0 Å². The SMILES string of the molecule is N#Cc1ccc(O[C@H]2C[C@H](N)C2)c2c1OCC21CC1. The zero-order chi connectivity index (χ0) is 13.0. The van der Waals surface area contributed by atoms with E-state index in [0.29, 0.717) is 12.2 Å². The molecule has 2 fully saturated rings. The largest absolute Gasteiger partial charge is 0.491 e. The van der Waals surface area contributed by atoms with Gasteiger partial charge in [0.15, 0.2) is 0 Å². The van der Waals surface area contributed by atoms with Crippen LogP contribution in [0, 0.1) is 11.3 Å². The number of nitriles is 1. The lowest BCUT2D eigenvalue weighted by atomic mass is 9.89. The van der Waals surface area contributed by atoms with Crippen LogP contribution in [0.3, 0.4) is 0 Å². The summed E-state index contributed by atoms with van der Waals surface area (Å²) in [5.74, 6) is 1.65. The highest BCUT2D eigenvalue weighted by atomic mass is 16.5. The fraction of sp³-hybridized carbons (Fsp3) is 0.533. The fourth-order valence-corrected chi connectivity index (χ4v) is 3.11. The maximum Gasteiger partial charge on any atom is 0.144 e. The molecule has 4 heteroatoms. The average molecular weight is 256 g/mol. The molecule has 4 nitrogen and oxygen atoms in total. The Morgan fingerprint density at radius 2 is 2.16 bits per heavy atom. The molecule has 3 aliphatic rings. The predicted octanol–water partition coefficient (Wildman–Crippen LogP) is 1.85. The highest BCUT2D eigenvalue weighted by Gasteiger charge is 2.53. The van der Waals surface area contributed by atoms with Crippen LogP contribution >= 0.6 is 0 Å². The molecular formula is C15H16N2O2. The van der Waals surface area contributed by atoms with Crippen LogP contribution in [0.5, 0.6) is 11.5 Å². The average Bonchev–Trinajstić information content (AvgIpc) is 3.04. The van der Waals surface area contributed by atoms with Gasteiger partial charge >= 0.3 is 0 Å². The second kappa shape index (κ2) is 3.64. The summed E-state index contributed by atoms with van der Waals surface area (Å²) < 4.78 is 11.8. The molecule has 1 aliphatic heterocycles. The molecular weight excluding hydrogens is 240 g/mol. The lowest BCUT2D eigenvalue weighted by molar-refractivity contribution is 0.0994. The summed E-state index contributed by atoms with van der Waals surface area (Å²) in [5.41, 5.74) is 7.68. The zero-order valence-electron chi connectivity index (χ0n) is 10.7. The van der Waals surface area contributed by atoms with Crippen LogP contribution in [0.1, 0.15) is 36.8 Å². The van der Waals surface area contributed by atoms with Crippen molar-refractivity contribution in [1.29, 1.82) is 5.26 Å². The third-order valence-corrected chi connectivity index (χ3v) is 4.54. The van der Waals surface area contributed by atoms with Crippen molar-refractivity contribution < 1.29 is 9.47 Å². The first-order valence-electron chi connectivity index (χ1n) is 6.84. The lowest BCUT2D eigenvalue weighted by Gasteiger charge is -2.33. The van der Waals surface area contributed by atoms with Crippen molar-refractivity contribution in [2.24, 2.45) is 5.73 Å². The molecule has 19 heavy (non-hydrogen) atoms. The first-order valence-corrected chi connectivity index (χ1v) is 6.84. The van der Waals surface area contributed by atoms with Crippen molar-refractivity contribution in [3.63, 3.8) is 0 Å². The monoisotopic (exact) mass is 256 g/mol. The van der Waals surface area contributed by atoms with Gasteiger partial charge in [-0.3, -0.25) is 0 Å². The van der Waals surface area contributed by atoms with Gasteiger partial charge in [-0.15, -0.1) is 0 Å². The second-order valence-corrected chi connectivity index (χ2v) is 5.97. The van der Waals surface area contributed by atoms with Gasteiger partial charge in [0.05, 0.1) is 12.2 Å². The normalized spacial score (nSPS) is 29.1. The molecule has 0 radical (unpaired) electrons. The molecule has 1 aromatic rings. The molecule has 0 saturated heterocycles. The minimum atomic E-state index is 0.128. The van der Waals surface area contributed by atoms with Gasteiger partial charge in [-0.05, 0) is 37.8 Å². The summed E-state index contributed by atoms with van der Waals surface area (Å²) in [4.78, 5) is 0. The number of nitrogens with zero attached hydrogens (tertiary/aromatic N) is 1. The maximum absolute atomic E-state index is 9.17. The minimum Gasteiger partial charge on any atom is -0.491 e. The molecule has 2 saturated carbocycles. The number of hydrogen-bond donors (Lipinski definition) is 1. The molecule has 4 rings (SSSR count). The van der Waals surface area contributed by atoms with Gasteiger partial charge < -0.3 is 15.2 Å². The van der Waals surface area contributed by atoms with Crippen molar-refractivity contribution in [2.75, 3.05) is 6.61 Å². The van der Waals surface area contributed by atoms with E-state index in [1.54, 1.807) is 6.07 Å². The summed E-state index contributed by atoms with van der Waals surface area (Å²) in [5, 5.41) is 9.17. The van der Waals surface area contributed by atoms with Crippen LogP contribution in [0.2, 0.25) is 0 Å². The summed E-state index contributed by atoms with van der Waals surface area (Å²) in [6.45, 7) is 0.696. The Morgan fingerprint density at radius 1 is 1.37 bits per heavy atom. The van der Waals surface area contributed by atoms with E-state index in [0.717, 1.165) is 42.7 Å². The predicted molar refractivity (Wildman–Crippen MR) is 69.2 cm³/mol. The third-order valence-electron chi connectivity index (χ3n) is 4.54. The topological polar surface area (TPSA) is 68.3 Å². The van der Waals surface area contributed by atoms with Crippen LogP contribution in [0.15, 0.2) is 12.1 Å². The summed E-state index contributed by atoms with van der Waals surface area (Å²) in [6.07, 6.45) is 4.33. The molecule has 1 aromatic carbocycles. The number of rotatable bonds is 2. The van der Waals surface area contributed by atoms with E-state index >= 15 is 0 Å². The first kappa shape index (κ1) is 11.1. The third kappa shape index (κ3) is 1.55. The second-order valence-electron chi connectivity index (χ2n) is 5.97. The van der Waals surface area contributed by atoms with Gasteiger partial charge in [0.2, 0.25) is 0 Å². The van der Waals surface area contributed by atoms with Gasteiger partial charge in [-0.1, -0.05) is 0 Å². The van der Waals surface area contributed by atoms with Crippen molar-refractivity contribution >= 4 is 0 Å². The molecule has 0 bridgehead atoms. The standard InChI is InChI=1S/C15H16N2O2/c16-7-9-1-2-12(19-11-5-10(17)6-11)13-14(9)18-8-15(13)3-4-15/h1-2,10-11H,3-6,8,17H2/t10-,11-. The number of benzene rings is 1. The number of hydrogen-bond acceptors (Lipinski definition) is 4. The quantitative estimate of drug-likeness (QED) is 0.876. The Kier molecular flexibility index (Phi) is 2.13. The van der Waals surface area contributed by atoms with Crippen LogP contribution in [0.4, 0.5) is 0 Å². The Balaban J connectivity index is 1.72. The first-order chi connectivity index (χ1) is 9.22. The van der Waals surface area contributed by atoms with E-state index in [4.69, 9.17) is 20.5 Å². The molecule has 2 N–H and O–H groups in total. The van der Waals surface area contributed by atoms with Crippen molar-refractivity contribution in [3.05, 3.63) is 23.3 Å². The van der Waals surface area contributed by atoms with Crippen LogP contribution in [-0.4, -0.2) is 18.8 Å². The fourth-order valence-electron chi connectivity index (χ4n) is 3.11. The Morgan fingerprint density at radius 3 is 2.79 bits per heavy atom.